The van der Waals surface area contributed by atoms with Gasteiger partial charge in [0.2, 0.25) is 11.9 Å². The predicted octanol–water partition coefficient (Wildman–Crippen LogP) is 2.54. The molecular weight excluding hydrogens is 403 g/mol. The number of nitrogens with one attached hydrogen (secondary N) is 1. The molecule has 1 saturated heterocycles. The molecular formula is C18H22Cl2N6O2. The molecule has 0 saturated carbocycles. The number of rotatable bonds is 7. The zero-order valence-corrected chi connectivity index (χ0v) is 17.3. The van der Waals surface area contributed by atoms with Crippen LogP contribution in [-0.4, -0.2) is 54.7 Å². The normalized spacial score (nSPS) is 13.5. The van der Waals surface area contributed by atoms with Crippen molar-refractivity contribution < 1.29 is 9.53 Å². The fourth-order valence-corrected chi connectivity index (χ4v) is 3.16. The van der Waals surface area contributed by atoms with E-state index in [4.69, 9.17) is 27.9 Å². The molecule has 1 N–H and O–H groups in total. The van der Waals surface area contributed by atoms with Gasteiger partial charge in [0.05, 0.1) is 11.6 Å². The van der Waals surface area contributed by atoms with Gasteiger partial charge < -0.3 is 19.9 Å². The van der Waals surface area contributed by atoms with Crippen molar-refractivity contribution in [2.45, 2.75) is 19.4 Å². The number of benzene rings is 1. The van der Waals surface area contributed by atoms with Crippen molar-refractivity contribution in [3.05, 3.63) is 34.1 Å². The van der Waals surface area contributed by atoms with Gasteiger partial charge in [0.1, 0.15) is 5.75 Å². The molecule has 1 aromatic heterocycles. The lowest BCUT2D eigenvalue weighted by atomic mass is 10.3. The summed E-state index contributed by atoms with van der Waals surface area (Å²) >= 11 is 11.9. The summed E-state index contributed by atoms with van der Waals surface area (Å²) < 4.78 is 5.44. The zero-order chi connectivity index (χ0) is 20.1. The number of aromatic nitrogens is 3. The Morgan fingerprint density at radius 3 is 2.64 bits per heavy atom. The molecule has 1 aliphatic rings. The molecule has 0 spiro atoms. The zero-order valence-electron chi connectivity index (χ0n) is 15.8. The maximum absolute atomic E-state index is 12.1. The molecule has 28 heavy (non-hydrogen) atoms. The van der Waals surface area contributed by atoms with Crippen molar-refractivity contribution in [1.29, 1.82) is 0 Å². The highest BCUT2D eigenvalue weighted by Crippen LogP contribution is 2.27. The summed E-state index contributed by atoms with van der Waals surface area (Å²) in [7, 11) is 3.74. The average Bonchev–Trinajstić information content (AvgIpc) is 3.20. The molecule has 0 radical (unpaired) electrons. The highest BCUT2D eigenvalue weighted by Gasteiger charge is 2.18. The molecule has 1 aromatic carbocycles. The number of hydrogen-bond acceptors (Lipinski definition) is 7. The van der Waals surface area contributed by atoms with Crippen LogP contribution in [-0.2, 0) is 11.3 Å². The van der Waals surface area contributed by atoms with Gasteiger partial charge >= 0.3 is 0 Å². The topological polar surface area (TPSA) is 83.5 Å². The van der Waals surface area contributed by atoms with E-state index in [1.807, 2.05) is 19.0 Å². The number of ether oxygens (including phenoxy) is 1. The van der Waals surface area contributed by atoms with Crippen LogP contribution >= 0.6 is 23.2 Å². The van der Waals surface area contributed by atoms with Crippen molar-refractivity contribution in [3.63, 3.8) is 0 Å². The lowest BCUT2D eigenvalue weighted by Gasteiger charge is -2.19. The smallest absolute Gasteiger partial charge is 0.258 e. The van der Waals surface area contributed by atoms with E-state index in [1.165, 1.54) is 0 Å². The van der Waals surface area contributed by atoms with Gasteiger partial charge in [-0.3, -0.25) is 4.79 Å². The first kappa shape index (κ1) is 20.4. The number of hydrogen-bond donors (Lipinski definition) is 1. The first-order valence-electron chi connectivity index (χ1n) is 8.94. The maximum Gasteiger partial charge on any atom is 0.258 e. The first-order chi connectivity index (χ1) is 13.4. The molecule has 2 aromatic rings. The second-order valence-corrected chi connectivity index (χ2v) is 7.42. The van der Waals surface area contributed by atoms with E-state index in [0.29, 0.717) is 33.5 Å². The molecule has 0 atom stereocenters. The van der Waals surface area contributed by atoms with Crippen LogP contribution in [0.3, 0.4) is 0 Å². The number of nitrogens with zero attached hydrogens (tertiary/aromatic N) is 5. The van der Waals surface area contributed by atoms with Crippen molar-refractivity contribution in [2.24, 2.45) is 0 Å². The summed E-state index contributed by atoms with van der Waals surface area (Å²) in [6, 6.07) is 4.83. The molecule has 8 nitrogen and oxygen atoms in total. The van der Waals surface area contributed by atoms with Crippen molar-refractivity contribution in [2.75, 3.05) is 43.6 Å². The molecule has 0 unspecified atom stereocenters. The molecule has 10 heteroatoms. The number of halogens is 2. The van der Waals surface area contributed by atoms with E-state index in [9.17, 15) is 4.79 Å². The first-order valence-corrected chi connectivity index (χ1v) is 9.70. The number of carbonyl (C=O) groups is 1. The highest BCUT2D eigenvalue weighted by atomic mass is 35.5. The van der Waals surface area contributed by atoms with E-state index in [1.54, 1.807) is 18.2 Å². The van der Waals surface area contributed by atoms with Crippen LogP contribution < -0.4 is 19.9 Å². The Bertz CT molecular complexity index is 843. The average molecular weight is 425 g/mol. The molecule has 2 heterocycles. The Balaban J connectivity index is 1.60. The summed E-state index contributed by atoms with van der Waals surface area (Å²) in [6.07, 6.45) is 2.25. The summed E-state index contributed by atoms with van der Waals surface area (Å²) in [5.41, 5.74) is 0. The third-order valence-electron chi connectivity index (χ3n) is 4.14. The molecule has 150 valence electrons. The molecule has 3 rings (SSSR count). The number of anilines is 2. The molecule has 0 aliphatic carbocycles. The largest absolute Gasteiger partial charge is 0.482 e. The van der Waals surface area contributed by atoms with Crippen LogP contribution in [0.4, 0.5) is 11.9 Å². The Kier molecular flexibility index (Phi) is 6.74. The summed E-state index contributed by atoms with van der Waals surface area (Å²) in [5, 5.41) is 3.61. The van der Waals surface area contributed by atoms with Crippen LogP contribution in [0, 0.1) is 0 Å². The molecule has 1 aliphatic heterocycles. The minimum absolute atomic E-state index is 0.175. The van der Waals surface area contributed by atoms with Gasteiger partial charge in [-0.15, -0.1) is 0 Å². The van der Waals surface area contributed by atoms with Crippen LogP contribution in [0.15, 0.2) is 18.2 Å². The Hall–Kier alpha value is -2.32. The van der Waals surface area contributed by atoms with Crippen LogP contribution in [0.25, 0.3) is 0 Å². The SMILES string of the molecule is CN(C)c1nc(CNC(=O)COc2ccc(Cl)cc2Cl)nc(N2CCCC2)n1. The Morgan fingerprint density at radius 2 is 1.96 bits per heavy atom. The predicted molar refractivity (Wildman–Crippen MR) is 109 cm³/mol. The minimum Gasteiger partial charge on any atom is -0.482 e. The minimum atomic E-state index is -0.305. The van der Waals surface area contributed by atoms with Crippen LogP contribution in [0.1, 0.15) is 18.7 Å². The molecule has 1 amide bonds. The van der Waals surface area contributed by atoms with Gasteiger partial charge in [-0.2, -0.15) is 15.0 Å². The van der Waals surface area contributed by atoms with E-state index < -0.39 is 0 Å². The molecule has 1 fully saturated rings. The summed E-state index contributed by atoms with van der Waals surface area (Å²) in [5.74, 6) is 1.79. The fourth-order valence-electron chi connectivity index (χ4n) is 2.70. The maximum atomic E-state index is 12.1. The van der Waals surface area contributed by atoms with Gasteiger partial charge in [0.15, 0.2) is 12.4 Å². The van der Waals surface area contributed by atoms with Crippen molar-refractivity contribution in [1.82, 2.24) is 20.3 Å². The van der Waals surface area contributed by atoms with E-state index in [2.05, 4.69) is 25.2 Å². The van der Waals surface area contributed by atoms with Gasteiger partial charge in [0.25, 0.3) is 5.91 Å². The van der Waals surface area contributed by atoms with Gasteiger partial charge in [0, 0.05) is 32.2 Å². The fraction of sp³-hybridized carbons (Fsp3) is 0.444. The lowest BCUT2D eigenvalue weighted by molar-refractivity contribution is -0.123. The van der Waals surface area contributed by atoms with Crippen LogP contribution in [0.5, 0.6) is 5.75 Å². The van der Waals surface area contributed by atoms with Crippen molar-refractivity contribution >= 4 is 41.0 Å². The van der Waals surface area contributed by atoms with Crippen molar-refractivity contribution in [3.8, 4) is 5.75 Å². The van der Waals surface area contributed by atoms with Gasteiger partial charge in [-0.25, -0.2) is 0 Å². The van der Waals surface area contributed by atoms with E-state index >= 15 is 0 Å². The van der Waals surface area contributed by atoms with Crippen LogP contribution in [0.2, 0.25) is 10.0 Å². The number of carbonyl (C=O) groups excluding carboxylic acids is 1. The third kappa shape index (κ3) is 5.36. The Morgan fingerprint density at radius 1 is 1.21 bits per heavy atom. The van der Waals surface area contributed by atoms with Gasteiger partial charge in [-0.1, -0.05) is 23.2 Å². The lowest BCUT2D eigenvalue weighted by Crippen LogP contribution is -2.30. The highest BCUT2D eigenvalue weighted by molar-refractivity contribution is 6.35. The monoisotopic (exact) mass is 424 g/mol. The summed E-state index contributed by atoms with van der Waals surface area (Å²) in [4.78, 5) is 29.5. The second-order valence-electron chi connectivity index (χ2n) is 6.58. The Labute approximate surface area is 173 Å². The standard InChI is InChI=1S/C18H22Cl2N6O2/c1-25(2)17-22-15(23-18(24-17)26-7-3-4-8-26)10-21-16(27)11-28-14-6-5-12(19)9-13(14)20/h5-6,9H,3-4,7-8,10-11H2,1-2H3,(H,21,27). The summed E-state index contributed by atoms with van der Waals surface area (Å²) in [6.45, 7) is 1.86. The quantitative estimate of drug-likeness (QED) is 0.730. The third-order valence-corrected chi connectivity index (χ3v) is 4.67. The van der Waals surface area contributed by atoms with Gasteiger partial charge in [-0.05, 0) is 31.0 Å². The second kappa shape index (κ2) is 9.25. The molecule has 0 bridgehead atoms. The van der Waals surface area contributed by atoms with E-state index in [-0.39, 0.29) is 19.1 Å². The van der Waals surface area contributed by atoms with E-state index in [0.717, 1.165) is 25.9 Å². The number of amides is 1.